The summed E-state index contributed by atoms with van der Waals surface area (Å²) in [6.07, 6.45) is 2.58. The second-order valence-electron chi connectivity index (χ2n) is 5.05. The quantitative estimate of drug-likeness (QED) is 0.734. The summed E-state index contributed by atoms with van der Waals surface area (Å²) in [5, 5.41) is 3.52. The fraction of sp³-hybridized carbons (Fsp3) is 0.600. The lowest BCUT2D eigenvalue weighted by atomic mass is 10.0. The minimum atomic E-state index is 0.606. The number of rotatable bonds is 6. The van der Waals surface area contributed by atoms with Gasteiger partial charge in [0.1, 0.15) is 0 Å². The van der Waals surface area contributed by atoms with Gasteiger partial charge in [-0.3, -0.25) is 0 Å². The maximum absolute atomic E-state index is 3.52. The van der Waals surface area contributed by atoms with Gasteiger partial charge < -0.3 is 5.32 Å². The van der Waals surface area contributed by atoms with Gasteiger partial charge in [-0.05, 0) is 36.0 Å². The fourth-order valence-electron chi connectivity index (χ4n) is 1.89. The van der Waals surface area contributed by atoms with Crippen LogP contribution in [0, 0.1) is 5.92 Å². The van der Waals surface area contributed by atoms with E-state index in [1.54, 1.807) is 0 Å². The summed E-state index contributed by atoms with van der Waals surface area (Å²) >= 11 is 0. The maximum Gasteiger partial charge on any atom is 0.0343 e. The lowest BCUT2D eigenvalue weighted by molar-refractivity contribution is 0.551. The van der Waals surface area contributed by atoms with E-state index in [0.29, 0.717) is 5.92 Å². The molecule has 1 unspecified atom stereocenters. The monoisotopic (exact) mass is 219 g/mol. The van der Waals surface area contributed by atoms with Crippen molar-refractivity contribution >= 4 is 5.69 Å². The largest absolute Gasteiger partial charge is 0.385 e. The predicted molar refractivity (Wildman–Crippen MR) is 73.1 cm³/mol. The molecule has 90 valence electrons. The van der Waals surface area contributed by atoms with Gasteiger partial charge in [0.25, 0.3) is 0 Å². The number of nitrogens with one attached hydrogen (secondary N) is 1. The molecule has 1 atom stereocenters. The van der Waals surface area contributed by atoms with Crippen LogP contribution in [0.15, 0.2) is 24.3 Å². The van der Waals surface area contributed by atoms with Crippen LogP contribution in [0.3, 0.4) is 0 Å². The summed E-state index contributed by atoms with van der Waals surface area (Å²) in [7, 11) is 0. The predicted octanol–water partition coefficient (Wildman–Crippen LogP) is 4.66. The fourth-order valence-corrected chi connectivity index (χ4v) is 1.89. The molecule has 1 aromatic carbocycles. The van der Waals surface area contributed by atoms with Crippen molar-refractivity contribution in [3.63, 3.8) is 0 Å². The number of hydrogen-bond acceptors (Lipinski definition) is 1. The topological polar surface area (TPSA) is 12.0 Å². The molecule has 0 aliphatic carbocycles. The molecule has 0 aromatic heterocycles. The molecular formula is C15H25N. The van der Waals surface area contributed by atoms with E-state index in [9.17, 15) is 0 Å². The summed E-state index contributed by atoms with van der Waals surface area (Å²) in [4.78, 5) is 0. The van der Waals surface area contributed by atoms with Gasteiger partial charge >= 0.3 is 0 Å². The van der Waals surface area contributed by atoms with E-state index in [1.807, 2.05) is 0 Å². The molecule has 1 heteroatoms. The molecule has 16 heavy (non-hydrogen) atoms. The molecule has 1 rings (SSSR count). The Balaban J connectivity index is 2.50. The Morgan fingerprint density at radius 3 is 2.56 bits per heavy atom. The van der Waals surface area contributed by atoms with Gasteiger partial charge in [-0.25, -0.2) is 0 Å². The normalized spacial score (nSPS) is 12.8. The van der Waals surface area contributed by atoms with Crippen molar-refractivity contribution in [3.05, 3.63) is 29.8 Å². The van der Waals surface area contributed by atoms with E-state index in [2.05, 4.69) is 57.3 Å². The SMILES string of the molecule is CCCC(C)CNc1cccc(C(C)C)c1. The van der Waals surface area contributed by atoms with Crippen LogP contribution in [0.5, 0.6) is 0 Å². The van der Waals surface area contributed by atoms with Gasteiger partial charge in [-0.1, -0.05) is 46.2 Å². The average Bonchev–Trinajstić information content (AvgIpc) is 2.27. The molecule has 0 saturated carbocycles. The van der Waals surface area contributed by atoms with Crippen molar-refractivity contribution in [2.24, 2.45) is 5.92 Å². The molecule has 0 fully saturated rings. The highest BCUT2D eigenvalue weighted by atomic mass is 14.9. The smallest absolute Gasteiger partial charge is 0.0343 e. The summed E-state index contributed by atoms with van der Waals surface area (Å²) in [6.45, 7) is 10.1. The highest BCUT2D eigenvalue weighted by molar-refractivity contribution is 5.46. The molecular weight excluding hydrogens is 194 g/mol. The summed E-state index contributed by atoms with van der Waals surface area (Å²) < 4.78 is 0. The van der Waals surface area contributed by atoms with Crippen LogP contribution in [-0.4, -0.2) is 6.54 Å². The second-order valence-corrected chi connectivity index (χ2v) is 5.05. The highest BCUT2D eigenvalue weighted by Crippen LogP contribution is 2.19. The lowest BCUT2D eigenvalue weighted by Gasteiger charge is -2.14. The van der Waals surface area contributed by atoms with E-state index < -0.39 is 0 Å². The van der Waals surface area contributed by atoms with Gasteiger partial charge in [-0.2, -0.15) is 0 Å². The van der Waals surface area contributed by atoms with Crippen molar-refractivity contribution in [3.8, 4) is 0 Å². The molecule has 0 radical (unpaired) electrons. The third-order valence-electron chi connectivity index (χ3n) is 2.99. The first-order valence-corrected chi connectivity index (χ1v) is 6.47. The zero-order valence-corrected chi connectivity index (χ0v) is 11.1. The van der Waals surface area contributed by atoms with Gasteiger partial charge in [0, 0.05) is 12.2 Å². The standard InChI is InChI=1S/C15H25N/c1-5-7-13(4)11-16-15-9-6-8-14(10-15)12(2)3/h6,8-10,12-13,16H,5,7,11H2,1-4H3. The third-order valence-corrected chi connectivity index (χ3v) is 2.99. The van der Waals surface area contributed by atoms with E-state index in [4.69, 9.17) is 0 Å². The van der Waals surface area contributed by atoms with Crippen molar-refractivity contribution in [2.75, 3.05) is 11.9 Å². The van der Waals surface area contributed by atoms with Gasteiger partial charge in [0.05, 0.1) is 0 Å². The molecule has 0 spiro atoms. The van der Waals surface area contributed by atoms with Gasteiger partial charge in [0.15, 0.2) is 0 Å². The molecule has 0 heterocycles. The zero-order valence-electron chi connectivity index (χ0n) is 11.1. The van der Waals surface area contributed by atoms with Crippen molar-refractivity contribution < 1.29 is 0 Å². The van der Waals surface area contributed by atoms with Crippen LogP contribution < -0.4 is 5.32 Å². The minimum Gasteiger partial charge on any atom is -0.385 e. The first-order valence-electron chi connectivity index (χ1n) is 6.47. The molecule has 0 saturated heterocycles. The Hall–Kier alpha value is -0.980. The van der Waals surface area contributed by atoms with Crippen LogP contribution in [0.25, 0.3) is 0 Å². The summed E-state index contributed by atoms with van der Waals surface area (Å²) in [5.74, 6) is 1.36. The van der Waals surface area contributed by atoms with Crippen LogP contribution in [0.1, 0.15) is 52.0 Å². The Kier molecular flexibility index (Phi) is 5.37. The molecule has 1 aromatic rings. The molecule has 0 aliphatic rings. The molecule has 0 aliphatic heterocycles. The first-order chi connectivity index (χ1) is 7.63. The van der Waals surface area contributed by atoms with Crippen LogP contribution in [-0.2, 0) is 0 Å². The molecule has 0 bridgehead atoms. The van der Waals surface area contributed by atoms with Crippen molar-refractivity contribution in [1.29, 1.82) is 0 Å². The van der Waals surface area contributed by atoms with E-state index in [1.165, 1.54) is 24.1 Å². The Labute approximate surface area is 100 Å². The summed E-state index contributed by atoms with van der Waals surface area (Å²) in [5.41, 5.74) is 2.67. The van der Waals surface area contributed by atoms with E-state index in [0.717, 1.165) is 12.5 Å². The highest BCUT2D eigenvalue weighted by Gasteiger charge is 2.02. The van der Waals surface area contributed by atoms with Gasteiger partial charge in [-0.15, -0.1) is 0 Å². The first kappa shape index (κ1) is 13.1. The molecule has 0 amide bonds. The average molecular weight is 219 g/mol. The Bertz CT molecular complexity index is 304. The van der Waals surface area contributed by atoms with Crippen LogP contribution in [0.2, 0.25) is 0 Å². The van der Waals surface area contributed by atoms with E-state index >= 15 is 0 Å². The minimum absolute atomic E-state index is 0.606. The van der Waals surface area contributed by atoms with Gasteiger partial charge in [0.2, 0.25) is 0 Å². The third kappa shape index (κ3) is 4.26. The lowest BCUT2D eigenvalue weighted by Crippen LogP contribution is -2.11. The second kappa shape index (κ2) is 6.57. The maximum atomic E-state index is 3.52. The Morgan fingerprint density at radius 1 is 1.19 bits per heavy atom. The molecule has 1 N–H and O–H groups in total. The van der Waals surface area contributed by atoms with Crippen molar-refractivity contribution in [1.82, 2.24) is 0 Å². The van der Waals surface area contributed by atoms with E-state index in [-0.39, 0.29) is 0 Å². The number of hydrogen-bond donors (Lipinski definition) is 1. The number of benzene rings is 1. The number of anilines is 1. The zero-order chi connectivity index (χ0) is 12.0. The van der Waals surface area contributed by atoms with Crippen LogP contribution in [0.4, 0.5) is 5.69 Å². The van der Waals surface area contributed by atoms with Crippen molar-refractivity contribution in [2.45, 2.75) is 46.5 Å². The Morgan fingerprint density at radius 2 is 1.94 bits per heavy atom. The molecule has 1 nitrogen and oxygen atoms in total. The van der Waals surface area contributed by atoms with Crippen LogP contribution >= 0.6 is 0 Å². The summed E-state index contributed by atoms with van der Waals surface area (Å²) in [6, 6.07) is 8.77.